The van der Waals surface area contributed by atoms with Crippen molar-refractivity contribution >= 4 is 0 Å². The third-order valence-corrected chi connectivity index (χ3v) is 8.80. The average Bonchev–Trinajstić information content (AvgIpc) is 3.07. The van der Waals surface area contributed by atoms with Crippen LogP contribution >= 0.6 is 0 Å². The van der Waals surface area contributed by atoms with Gasteiger partial charge in [0, 0.05) is 24.7 Å². The van der Waals surface area contributed by atoms with Gasteiger partial charge in [-0.2, -0.15) is 0 Å². The molecule has 12 atom stereocenters. The molecule has 0 amide bonds. The molecule has 15 nitrogen and oxygen atoms in total. The largest absolute Gasteiger partial charge is 0.497 e. The fourth-order valence-corrected chi connectivity index (χ4v) is 6.07. The molecule has 0 saturated carbocycles. The molecule has 2 fully saturated rings. The standard InChI is InChI=1S/C31H42O15/c1-12-27(45-30-25(38)23(36)21(34)18(10-32)43-30)13(2)29(46-31-26(39)24(37)22(35)19(11-33)44-31)20-17(41-4)9-16(42-28(12)20)14-5-7-15(40-3)8-6-14/h5-8,16-19,21-26,30-39H,9-11H2,1-4H3/t16-,17+,18?,19?,21-,22-,23+,24+,25?,26?,30+,31+/m1/s1. The Morgan fingerprint density at radius 2 is 1.22 bits per heavy atom. The van der Waals surface area contributed by atoms with Crippen molar-refractivity contribution in [2.45, 2.75) is 93.9 Å². The Labute approximate surface area is 265 Å². The van der Waals surface area contributed by atoms with Crippen molar-refractivity contribution in [3.05, 3.63) is 46.5 Å². The van der Waals surface area contributed by atoms with E-state index >= 15 is 0 Å². The fraction of sp³-hybridized carbons (Fsp3) is 0.613. The van der Waals surface area contributed by atoms with Crippen LogP contribution in [0.1, 0.15) is 40.9 Å². The summed E-state index contributed by atoms with van der Waals surface area (Å²) in [5, 5.41) is 82.3. The lowest BCUT2D eigenvalue weighted by Gasteiger charge is -2.42. The molecule has 8 N–H and O–H groups in total. The number of aliphatic hydroxyl groups is 8. The van der Waals surface area contributed by atoms with Crippen molar-refractivity contribution in [3.63, 3.8) is 0 Å². The summed E-state index contributed by atoms with van der Waals surface area (Å²) in [6, 6.07) is 7.28. The highest BCUT2D eigenvalue weighted by molar-refractivity contribution is 5.64. The highest BCUT2D eigenvalue weighted by atomic mass is 16.7. The van der Waals surface area contributed by atoms with Crippen LogP contribution in [0.2, 0.25) is 0 Å². The lowest BCUT2D eigenvalue weighted by Crippen LogP contribution is -2.60. The maximum absolute atomic E-state index is 10.8. The topological polar surface area (TPSA) is 226 Å². The average molecular weight is 655 g/mol. The van der Waals surface area contributed by atoms with E-state index in [0.29, 0.717) is 28.9 Å². The van der Waals surface area contributed by atoms with Crippen molar-refractivity contribution in [1.82, 2.24) is 0 Å². The van der Waals surface area contributed by atoms with Crippen LogP contribution in [0.15, 0.2) is 24.3 Å². The van der Waals surface area contributed by atoms with Gasteiger partial charge in [-0.3, -0.25) is 0 Å². The molecule has 46 heavy (non-hydrogen) atoms. The predicted octanol–water partition coefficient (Wildman–Crippen LogP) is -1.12. The number of ether oxygens (including phenoxy) is 7. The van der Waals surface area contributed by atoms with E-state index in [1.807, 2.05) is 12.1 Å². The molecule has 2 aromatic carbocycles. The van der Waals surface area contributed by atoms with Crippen molar-refractivity contribution in [2.75, 3.05) is 27.4 Å². The second kappa shape index (κ2) is 14.1. The maximum atomic E-state index is 10.8. The van der Waals surface area contributed by atoms with Gasteiger partial charge in [-0.15, -0.1) is 0 Å². The molecule has 4 unspecified atom stereocenters. The van der Waals surface area contributed by atoms with Crippen molar-refractivity contribution in [2.24, 2.45) is 0 Å². The molecular weight excluding hydrogens is 612 g/mol. The number of hydrogen-bond acceptors (Lipinski definition) is 15. The first-order chi connectivity index (χ1) is 21.9. The third-order valence-electron chi connectivity index (χ3n) is 8.80. The Morgan fingerprint density at radius 3 is 1.70 bits per heavy atom. The summed E-state index contributed by atoms with van der Waals surface area (Å²) in [5.41, 5.74) is 1.94. The van der Waals surface area contributed by atoms with Crippen molar-refractivity contribution < 1.29 is 74.0 Å². The minimum absolute atomic E-state index is 0.0598. The van der Waals surface area contributed by atoms with E-state index in [9.17, 15) is 40.9 Å². The molecular formula is C31H42O15. The molecule has 15 heteroatoms. The zero-order chi connectivity index (χ0) is 33.4. The first-order valence-electron chi connectivity index (χ1n) is 14.9. The van der Waals surface area contributed by atoms with E-state index in [2.05, 4.69) is 0 Å². The summed E-state index contributed by atoms with van der Waals surface area (Å²) in [5.74, 6) is 1.06. The molecule has 0 aliphatic carbocycles. The third kappa shape index (κ3) is 6.25. The lowest BCUT2D eigenvalue weighted by molar-refractivity contribution is -0.279. The molecule has 5 rings (SSSR count). The van der Waals surface area contributed by atoms with Gasteiger partial charge in [0.25, 0.3) is 0 Å². The van der Waals surface area contributed by atoms with Gasteiger partial charge in [-0.05, 0) is 31.5 Å². The molecule has 3 heterocycles. The second-order valence-electron chi connectivity index (χ2n) is 11.6. The number of fused-ring (bicyclic) bond motifs is 1. The zero-order valence-electron chi connectivity index (χ0n) is 25.8. The first kappa shape index (κ1) is 34.5. The predicted molar refractivity (Wildman–Crippen MR) is 155 cm³/mol. The number of hydrogen-bond donors (Lipinski definition) is 8. The SMILES string of the molecule is COc1ccc([C@H]2C[C@H](OC)c3c(O[C@@H]4OC(CO)[C@@H](O)[C@H](O)C4O)c(C)c(O[C@@H]4OC(CO)[C@@H](O)[C@H](O)C4O)c(C)c3O2)cc1. The van der Waals surface area contributed by atoms with Crippen LogP contribution in [0.5, 0.6) is 23.0 Å². The number of methoxy groups -OCH3 is 2. The van der Waals surface area contributed by atoms with Gasteiger partial charge in [0.2, 0.25) is 12.6 Å². The minimum atomic E-state index is -1.73. The normalized spacial score (nSPS) is 36.0. The highest BCUT2D eigenvalue weighted by Gasteiger charge is 2.48. The summed E-state index contributed by atoms with van der Waals surface area (Å²) >= 11 is 0. The number of aliphatic hydroxyl groups excluding tert-OH is 8. The maximum Gasteiger partial charge on any atom is 0.229 e. The van der Waals surface area contributed by atoms with Crippen molar-refractivity contribution in [3.8, 4) is 23.0 Å². The Hall–Kier alpha value is -2.80. The quantitative estimate of drug-likeness (QED) is 0.160. The van der Waals surface area contributed by atoms with E-state index in [4.69, 9.17) is 33.2 Å². The molecule has 0 bridgehead atoms. The molecule has 0 aromatic heterocycles. The summed E-state index contributed by atoms with van der Waals surface area (Å²) in [6.07, 6.45) is -16.5. The molecule has 0 spiro atoms. The summed E-state index contributed by atoms with van der Waals surface area (Å²) in [7, 11) is 3.06. The van der Waals surface area contributed by atoms with E-state index < -0.39 is 86.8 Å². The monoisotopic (exact) mass is 654 g/mol. The van der Waals surface area contributed by atoms with Crippen LogP contribution in [0.4, 0.5) is 0 Å². The molecule has 256 valence electrons. The minimum Gasteiger partial charge on any atom is -0.497 e. The number of benzene rings is 2. The van der Waals surface area contributed by atoms with Crippen LogP contribution in [-0.2, 0) is 14.2 Å². The van der Waals surface area contributed by atoms with E-state index in [1.54, 1.807) is 33.1 Å². The van der Waals surface area contributed by atoms with Crippen LogP contribution in [0, 0.1) is 13.8 Å². The molecule has 3 aliphatic rings. The van der Waals surface area contributed by atoms with Crippen LogP contribution in [-0.4, -0.2) is 130 Å². The lowest BCUT2D eigenvalue weighted by atomic mass is 9.90. The van der Waals surface area contributed by atoms with Crippen molar-refractivity contribution in [1.29, 1.82) is 0 Å². The summed E-state index contributed by atoms with van der Waals surface area (Å²) in [4.78, 5) is 0. The Morgan fingerprint density at radius 1 is 0.696 bits per heavy atom. The van der Waals surface area contributed by atoms with Gasteiger partial charge in [0.05, 0.1) is 32.0 Å². The first-order valence-corrected chi connectivity index (χ1v) is 14.9. The summed E-state index contributed by atoms with van der Waals surface area (Å²) < 4.78 is 41.3. The highest BCUT2D eigenvalue weighted by Crippen LogP contribution is 2.54. The second-order valence-corrected chi connectivity index (χ2v) is 11.6. The van der Waals surface area contributed by atoms with Crippen LogP contribution in [0.25, 0.3) is 0 Å². The van der Waals surface area contributed by atoms with Gasteiger partial charge in [-0.1, -0.05) is 12.1 Å². The molecule has 2 saturated heterocycles. The zero-order valence-corrected chi connectivity index (χ0v) is 25.8. The van der Waals surface area contributed by atoms with E-state index in [-0.39, 0.29) is 17.2 Å². The van der Waals surface area contributed by atoms with E-state index in [1.165, 1.54) is 7.11 Å². The van der Waals surface area contributed by atoms with E-state index in [0.717, 1.165) is 5.56 Å². The smallest absolute Gasteiger partial charge is 0.229 e. The molecule has 0 radical (unpaired) electrons. The van der Waals surface area contributed by atoms with Crippen LogP contribution < -0.4 is 18.9 Å². The molecule has 2 aromatic rings. The van der Waals surface area contributed by atoms with Gasteiger partial charge in [0.15, 0.2) is 0 Å². The molecule has 3 aliphatic heterocycles. The van der Waals surface area contributed by atoms with Crippen LogP contribution in [0.3, 0.4) is 0 Å². The fourth-order valence-electron chi connectivity index (χ4n) is 6.07. The van der Waals surface area contributed by atoms with Gasteiger partial charge in [-0.25, -0.2) is 0 Å². The van der Waals surface area contributed by atoms with Gasteiger partial charge >= 0.3 is 0 Å². The van der Waals surface area contributed by atoms with Gasteiger partial charge in [0.1, 0.15) is 77.9 Å². The Bertz CT molecular complexity index is 1330. The Kier molecular flexibility index (Phi) is 10.6. The summed E-state index contributed by atoms with van der Waals surface area (Å²) in [6.45, 7) is 1.95. The van der Waals surface area contributed by atoms with Gasteiger partial charge < -0.3 is 74.0 Å². The Balaban J connectivity index is 1.61. The number of rotatable bonds is 9.